The van der Waals surface area contributed by atoms with Crippen molar-refractivity contribution in [1.82, 2.24) is 10.2 Å². The van der Waals surface area contributed by atoms with Crippen LogP contribution in [0.2, 0.25) is 0 Å². The molecule has 162 valence electrons. The Balaban J connectivity index is 1.44. The Kier molecular flexibility index (Phi) is 6.59. The first-order valence-corrected chi connectivity index (χ1v) is 10.3. The van der Waals surface area contributed by atoms with Crippen LogP contribution in [0.3, 0.4) is 0 Å². The Morgan fingerprint density at radius 3 is 2.40 bits per heavy atom. The molecule has 0 bridgehead atoms. The van der Waals surface area contributed by atoms with Gasteiger partial charge in [-0.1, -0.05) is 6.92 Å². The van der Waals surface area contributed by atoms with E-state index in [9.17, 15) is 19.2 Å². The van der Waals surface area contributed by atoms with Crippen molar-refractivity contribution in [2.75, 3.05) is 36.5 Å². The van der Waals surface area contributed by atoms with Gasteiger partial charge in [0.1, 0.15) is 12.1 Å². The highest BCUT2D eigenvalue weighted by molar-refractivity contribution is 6.08. The van der Waals surface area contributed by atoms with E-state index in [4.69, 9.17) is 4.74 Å². The Labute approximate surface area is 175 Å². The van der Waals surface area contributed by atoms with Crippen LogP contribution in [0.5, 0.6) is 0 Å². The summed E-state index contributed by atoms with van der Waals surface area (Å²) < 4.78 is 4.92. The summed E-state index contributed by atoms with van der Waals surface area (Å²) in [5.74, 6) is -1.80. The highest BCUT2D eigenvalue weighted by atomic mass is 16.5. The lowest BCUT2D eigenvalue weighted by Crippen LogP contribution is -2.43. The molecule has 2 saturated heterocycles. The standard InChI is InChI=1S/C21H28N4O5/c1-3-21(2)19(28)25(20(29)23-21)13-18(27)30-14-17(26)22-15-7-9-16(10-8-15)24-11-5-4-6-12-24/h7-10H,3-6,11-14H2,1-2H3,(H,22,26)(H,23,29)/t21-/m0/s1. The van der Waals surface area contributed by atoms with Crippen LogP contribution in [0.4, 0.5) is 16.2 Å². The fourth-order valence-corrected chi connectivity index (χ4v) is 3.56. The van der Waals surface area contributed by atoms with E-state index >= 15 is 0 Å². The van der Waals surface area contributed by atoms with Crippen molar-refractivity contribution in [3.8, 4) is 0 Å². The highest BCUT2D eigenvalue weighted by Crippen LogP contribution is 2.22. The lowest BCUT2D eigenvalue weighted by molar-refractivity contribution is -0.150. The Morgan fingerprint density at radius 1 is 1.13 bits per heavy atom. The van der Waals surface area contributed by atoms with Crippen LogP contribution in [-0.2, 0) is 19.1 Å². The lowest BCUT2D eigenvalue weighted by Gasteiger charge is -2.28. The van der Waals surface area contributed by atoms with Gasteiger partial charge in [0.25, 0.3) is 11.8 Å². The molecule has 1 atom stereocenters. The van der Waals surface area contributed by atoms with Crippen molar-refractivity contribution in [3.63, 3.8) is 0 Å². The minimum absolute atomic E-state index is 0.405. The van der Waals surface area contributed by atoms with Gasteiger partial charge in [0.05, 0.1) is 0 Å². The molecule has 0 radical (unpaired) electrons. The Morgan fingerprint density at radius 2 is 1.80 bits per heavy atom. The molecule has 2 aliphatic heterocycles. The number of ether oxygens (including phenoxy) is 1. The van der Waals surface area contributed by atoms with Crippen molar-refractivity contribution in [1.29, 1.82) is 0 Å². The summed E-state index contributed by atoms with van der Waals surface area (Å²) in [6.45, 7) is 4.42. The molecule has 2 N–H and O–H groups in total. The predicted octanol–water partition coefficient (Wildman–Crippen LogP) is 1.88. The molecule has 1 aromatic carbocycles. The Bertz CT molecular complexity index is 819. The summed E-state index contributed by atoms with van der Waals surface area (Å²) in [6, 6.07) is 6.88. The van der Waals surface area contributed by atoms with Crippen molar-refractivity contribution < 1.29 is 23.9 Å². The maximum Gasteiger partial charge on any atom is 0.326 e. The maximum atomic E-state index is 12.3. The number of esters is 1. The number of carbonyl (C=O) groups is 4. The first-order chi connectivity index (χ1) is 14.3. The smallest absolute Gasteiger partial charge is 0.326 e. The predicted molar refractivity (Wildman–Crippen MR) is 111 cm³/mol. The van der Waals surface area contributed by atoms with E-state index in [1.54, 1.807) is 13.8 Å². The molecule has 0 saturated carbocycles. The number of rotatable bonds is 7. The van der Waals surface area contributed by atoms with Gasteiger partial charge in [0.2, 0.25) is 0 Å². The number of nitrogens with one attached hydrogen (secondary N) is 2. The zero-order valence-electron chi connectivity index (χ0n) is 17.4. The molecule has 30 heavy (non-hydrogen) atoms. The van der Waals surface area contributed by atoms with Crippen molar-refractivity contribution in [2.45, 2.75) is 45.1 Å². The number of nitrogens with zero attached hydrogens (tertiary/aromatic N) is 2. The molecule has 1 aromatic rings. The quantitative estimate of drug-likeness (QED) is 0.519. The van der Waals surface area contributed by atoms with E-state index in [0.29, 0.717) is 12.1 Å². The molecule has 2 fully saturated rings. The molecule has 0 spiro atoms. The first kappa shape index (κ1) is 21.6. The van der Waals surface area contributed by atoms with Crippen molar-refractivity contribution in [2.24, 2.45) is 0 Å². The number of hydrogen-bond donors (Lipinski definition) is 2. The molecule has 3 rings (SSSR count). The lowest BCUT2D eigenvalue weighted by atomic mass is 9.99. The summed E-state index contributed by atoms with van der Waals surface area (Å²) in [5.41, 5.74) is 0.700. The third-order valence-electron chi connectivity index (χ3n) is 5.58. The molecule has 0 aliphatic carbocycles. The third-order valence-corrected chi connectivity index (χ3v) is 5.58. The molecule has 2 heterocycles. The third kappa shape index (κ3) is 4.90. The van der Waals surface area contributed by atoms with Gasteiger partial charge in [-0.05, 0) is 56.9 Å². The van der Waals surface area contributed by atoms with Crippen molar-refractivity contribution >= 4 is 35.2 Å². The number of imide groups is 1. The number of piperidine rings is 1. The molecule has 0 aromatic heterocycles. The topological polar surface area (TPSA) is 108 Å². The Hall–Kier alpha value is -3.10. The fraction of sp³-hybridized carbons (Fsp3) is 0.524. The van der Waals surface area contributed by atoms with Crippen molar-refractivity contribution in [3.05, 3.63) is 24.3 Å². The minimum Gasteiger partial charge on any atom is -0.454 e. The van der Waals surface area contributed by atoms with Gasteiger partial charge in [0, 0.05) is 24.5 Å². The van der Waals surface area contributed by atoms with Gasteiger partial charge in [-0.15, -0.1) is 0 Å². The monoisotopic (exact) mass is 416 g/mol. The van der Waals surface area contributed by atoms with E-state index < -0.39 is 42.5 Å². The maximum absolute atomic E-state index is 12.3. The van der Waals surface area contributed by atoms with Crippen LogP contribution in [0.25, 0.3) is 0 Å². The van der Waals surface area contributed by atoms with Gasteiger partial charge in [-0.2, -0.15) is 0 Å². The van der Waals surface area contributed by atoms with Crippen LogP contribution >= 0.6 is 0 Å². The molecular formula is C21H28N4O5. The molecule has 2 aliphatic rings. The first-order valence-electron chi connectivity index (χ1n) is 10.3. The average Bonchev–Trinajstić information content (AvgIpc) is 2.97. The molecule has 4 amide bonds. The van der Waals surface area contributed by atoms with E-state index in [1.165, 1.54) is 19.3 Å². The summed E-state index contributed by atoms with van der Waals surface area (Å²) in [7, 11) is 0. The summed E-state index contributed by atoms with van der Waals surface area (Å²) in [4.78, 5) is 51.4. The van der Waals surface area contributed by atoms with E-state index in [1.807, 2.05) is 24.3 Å². The van der Waals surface area contributed by atoms with Gasteiger partial charge in [-0.3, -0.25) is 19.3 Å². The normalized spacial score (nSPS) is 21.4. The fourth-order valence-electron chi connectivity index (χ4n) is 3.56. The zero-order valence-corrected chi connectivity index (χ0v) is 17.4. The average molecular weight is 416 g/mol. The SMILES string of the molecule is CC[C@]1(C)NC(=O)N(CC(=O)OCC(=O)Nc2ccc(N3CCCCC3)cc2)C1=O. The summed E-state index contributed by atoms with van der Waals surface area (Å²) in [5, 5.41) is 5.22. The zero-order chi connectivity index (χ0) is 21.7. The van der Waals surface area contributed by atoms with Gasteiger partial charge < -0.3 is 20.3 Å². The molecular weight excluding hydrogens is 388 g/mol. The molecule has 9 heteroatoms. The van der Waals surface area contributed by atoms with Crippen LogP contribution < -0.4 is 15.5 Å². The van der Waals surface area contributed by atoms with E-state index in [0.717, 1.165) is 23.7 Å². The van der Waals surface area contributed by atoms with Gasteiger partial charge in [0.15, 0.2) is 6.61 Å². The largest absolute Gasteiger partial charge is 0.454 e. The minimum atomic E-state index is -1.02. The number of carbonyl (C=O) groups excluding carboxylic acids is 4. The number of benzene rings is 1. The second-order valence-corrected chi connectivity index (χ2v) is 7.81. The van der Waals surface area contributed by atoms with Crippen LogP contribution in [0.1, 0.15) is 39.5 Å². The van der Waals surface area contributed by atoms with Crippen LogP contribution in [0.15, 0.2) is 24.3 Å². The second kappa shape index (κ2) is 9.15. The summed E-state index contributed by atoms with van der Waals surface area (Å²) in [6.07, 6.45) is 4.04. The van der Waals surface area contributed by atoms with Gasteiger partial charge in [-0.25, -0.2) is 4.79 Å². The van der Waals surface area contributed by atoms with Gasteiger partial charge >= 0.3 is 12.0 Å². The number of amides is 4. The molecule has 9 nitrogen and oxygen atoms in total. The van der Waals surface area contributed by atoms with Crippen LogP contribution in [0, 0.1) is 0 Å². The summed E-state index contributed by atoms with van der Waals surface area (Å²) >= 11 is 0. The highest BCUT2D eigenvalue weighted by Gasteiger charge is 2.47. The molecule has 0 unspecified atom stereocenters. The van der Waals surface area contributed by atoms with E-state index in [-0.39, 0.29) is 0 Å². The second-order valence-electron chi connectivity index (χ2n) is 7.81. The number of urea groups is 1. The number of hydrogen-bond acceptors (Lipinski definition) is 6. The van der Waals surface area contributed by atoms with E-state index in [2.05, 4.69) is 15.5 Å². The number of anilines is 2. The van der Waals surface area contributed by atoms with Crippen LogP contribution in [-0.4, -0.2) is 60.5 Å².